The summed E-state index contributed by atoms with van der Waals surface area (Å²) in [6.45, 7) is 0. The Morgan fingerprint density at radius 1 is 0.655 bits per heavy atom. The summed E-state index contributed by atoms with van der Waals surface area (Å²) in [5.74, 6) is 0.146. The van der Waals surface area contributed by atoms with Gasteiger partial charge < -0.3 is 9.13 Å². The Hall–Kier alpha value is -2.30. The smallest absolute Gasteiger partial charge is 0.0481 e. The first kappa shape index (κ1) is 18.7. The fourth-order valence-corrected chi connectivity index (χ4v) is 5.14. The lowest BCUT2D eigenvalue weighted by Gasteiger charge is -2.17. The fraction of sp³-hybridized carbons (Fsp3) is 0.120. The second-order valence-corrected chi connectivity index (χ2v) is 9.39. The van der Waals surface area contributed by atoms with Gasteiger partial charge >= 0.3 is 0 Å². The van der Waals surface area contributed by atoms with E-state index in [-0.39, 0.29) is 5.92 Å². The van der Waals surface area contributed by atoms with Crippen LogP contribution in [0.1, 0.15) is 22.6 Å². The van der Waals surface area contributed by atoms with Gasteiger partial charge in [-0.15, -0.1) is 0 Å². The number of rotatable bonds is 3. The number of halogens is 2. The second kappa shape index (κ2) is 7.19. The molecular weight excluding hydrogens is 488 g/mol. The Morgan fingerprint density at radius 3 is 1.62 bits per heavy atom. The van der Waals surface area contributed by atoms with Crippen LogP contribution in [-0.4, -0.2) is 9.13 Å². The molecule has 0 fully saturated rings. The molecule has 2 aromatic heterocycles. The summed E-state index contributed by atoms with van der Waals surface area (Å²) in [5, 5.41) is 2.56. The summed E-state index contributed by atoms with van der Waals surface area (Å²) < 4.78 is 6.66. The van der Waals surface area contributed by atoms with Gasteiger partial charge in [-0.05, 0) is 53.1 Å². The van der Waals surface area contributed by atoms with E-state index in [1.54, 1.807) is 0 Å². The first-order chi connectivity index (χ1) is 14.0. The zero-order valence-corrected chi connectivity index (χ0v) is 19.4. The monoisotopic (exact) mass is 506 g/mol. The van der Waals surface area contributed by atoms with Crippen LogP contribution in [0.2, 0.25) is 0 Å². The van der Waals surface area contributed by atoms with Crippen molar-refractivity contribution in [2.75, 3.05) is 0 Å². The van der Waals surface area contributed by atoms with Gasteiger partial charge in [0.2, 0.25) is 0 Å². The molecule has 2 nitrogen and oxygen atoms in total. The summed E-state index contributed by atoms with van der Waals surface area (Å²) in [5.41, 5.74) is 6.42. The first-order valence-corrected chi connectivity index (χ1v) is 11.2. The van der Waals surface area contributed by atoms with Crippen molar-refractivity contribution in [3.05, 3.63) is 105 Å². The van der Waals surface area contributed by atoms with Crippen LogP contribution < -0.4 is 0 Å². The highest BCUT2D eigenvalue weighted by Crippen LogP contribution is 2.41. The fourth-order valence-electron chi connectivity index (χ4n) is 4.42. The van der Waals surface area contributed by atoms with Crippen molar-refractivity contribution < 1.29 is 0 Å². The lowest BCUT2D eigenvalue weighted by Crippen LogP contribution is -2.02. The lowest BCUT2D eigenvalue weighted by molar-refractivity contribution is 0.912. The van der Waals surface area contributed by atoms with Crippen LogP contribution in [0.4, 0.5) is 0 Å². The van der Waals surface area contributed by atoms with Gasteiger partial charge in [0.25, 0.3) is 0 Å². The highest BCUT2D eigenvalue weighted by molar-refractivity contribution is 9.10. The number of fused-ring (bicyclic) bond motifs is 2. The molecule has 0 saturated heterocycles. The van der Waals surface area contributed by atoms with Crippen molar-refractivity contribution in [1.82, 2.24) is 9.13 Å². The van der Waals surface area contributed by atoms with E-state index < -0.39 is 0 Å². The average Bonchev–Trinajstić information content (AvgIpc) is 3.20. The average molecular weight is 508 g/mol. The van der Waals surface area contributed by atoms with E-state index in [4.69, 9.17) is 0 Å². The molecule has 0 radical (unpaired) electrons. The highest BCUT2D eigenvalue weighted by Gasteiger charge is 2.24. The van der Waals surface area contributed by atoms with Gasteiger partial charge in [-0.3, -0.25) is 0 Å². The standard InChI is InChI=1S/C25H20Br2N2/c1-28-14-21(19-12-17(26)8-10-23(19)28)25(16-6-4-3-5-7-16)22-15-29(2)24-11-9-18(27)13-20(22)24/h3-15,25H,1-2H3. The number of aromatic nitrogens is 2. The van der Waals surface area contributed by atoms with Crippen LogP contribution in [0.15, 0.2) is 88.1 Å². The second-order valence-electron chi connectivity index (χ2n) is 7.56. The summed E-state index contributed by atoms with van der Waals surface area (Å²) in [4.78, 5) is 0. The molecule has 0 amide bonds. The van der Waals surface area contributed by atoms with Crippen LogP contribution in [0, 0.1) is 0 Å². The van der Waals surface area contributed by atoms with Crippen LogP contribution >= 0.6 is 31.9 Å². The summed E-state index contributed by atoms with van der Waals surface area (Å²) in [6.07, 6.45) is 4.57. The number of hydrogen-bond donors (Lipinski definition) is 0. The molecule has 144 valence electrons. The molecular formula is C25H20Br2N2. The van der Waals surface area contributed by atoms with Crippen molar-refractivity contribution >= 4 is 53.7 Å². The molecule has 0 aliphatic rings. The molecule has 0 N–H and O–H groups in total. The summed E-state index contributed by atoms with van der Waals surface area (Å²) in [7, 11) is 4.25. The number of aryl methyl sites for hydroxylation is 2. The van der Waals surface area contributed by atoms with Gasteiger partial charge in [-0.1, -0.05) is 62.2 Å². The molecule has 0 unspecified atom stereocenters. The van der Waals surface area contributed by atoms with E-state index in [2.05, 4.69) is 134 Å². The van der Waals surface area contributed by atoms with Gasteiger partial charge in [-0.25, -0.2) is 0 Å². The van der Waals surface area contributed by atoms with E-state index >= 15 is 0 Å². The number of nitrogens with zero attached hydrogens (tertiary/aromatic N) is 2. The van der Waals surface area contributed by atoms with Gasteiger partial charge in [0.1, 0.15) is 0 Å². The molecule has 5 rings (SSSR count). The van der Waals surface area contributed by atoms with E-state index in [9.17, 15) is 0 Å². The molecule has 29 heavy (non-hydrogen) atoms. The van der Waals surface area contributed by atoms with E-state index in [0.29, 0.717) is 0 Å². The number of hydrogen-bond acceptors (Lipinski definition) is 0. The molecule has 5 aromatic rings. The quantitative estimate of drug-likeness (QED) is 0.241. The third kappa shape index (κ3) is 3.15. The summed E-state index contributed by atoms with van der Waals surface area (Å²) >= 11 is 7.34. The topological polar surface area (TPSA) is 9.86 Å². The Bertz CT molecular complexity index is 1260. The van der Waals surface area contributed by atoms with Gasteiger partial charge in [0.05, 0.1) is 0 Å². The molecule has 2 heterocycles. The Kier molecular flexibility index (Phi) is 4.64. The van der Waals surface area contributed by atoms with Crippen LogP contribution in [0.3, 0.4) is 0 Å². The molecule has 0 atom stereocenters. The summed E-state index contributed by atoms with van der Waals surface area (Å²) in [6, 6.07) is 23.9. The minimum absolute atomic E-state index is 0.146. The third-order valence-corrected chi connectivity index (χ3v) is 6.71. The molecule has 0 aliphatic carbocycles. The highest BCUT2D eigenvalue weighted by atomic mass is 79.9. The molecule has 0 saturated carbocycles. The lowest BCUT2D eigenvalue weighted by atomic mass is 9.85. The predicted molar refractivity (Wildman–Crippen MR) is 129 cm³/mol. The Labute approximate surface area is 187 Å². The van der Waals surface area contributed by atoms with Crippen LogP contribution in [0.25, 0.3) is 21.8 Å². The normalized spacial score (nSPS) is 11.8. The van der Waals surface area contributed by atoms with Gasteiger partial charge in [-0.2, -0.15) is 0 Å². The minimum Gasteiger partial charge on any atom is -0.350 e. The maximum absolute atomic E-state index is 3.67. The maximum Gasteiger partial charge on any atom is 0.0481 e. The van der Waals surface area contributed by atoms with E-state index in [0.717, 1.165) is 8.95 Å². The zero-order valence-electron chi connectivity index (χ0n) is 16.2. The zero-order chi connectivity index (χ0) is 20.1. The van der Waals surface area contributed by atoms with E-state index in [1.807, 2.05) is 0 Å². The minimum atomic E-state index is 0.146. The molecule has 4 heteroatoms. The van der Waals surface area contributed by atoms with E-state index in [1.165, 1.54) is 38.5 Å². The molecule has 0 bridgehead atoms. The molecule has 3 aromatic carbocycles. The van der Waals surface area contributed by atoms with Gasteiger partial charge in [0, 0.05) is 63.2 Å². The Morgan fingerprint density at radius 2 is 1.14 bits per heavy atom. The molecule has 0 spiro atoms. The SMILES string of the molecule is Cn1cc(C(c2ccccc2)c2cn(C)c3ccc(Br)cc23)c2cc(Br)ccc21. The van der Waals surface area contributed by atoms with Gasteiger partial charge in [0.15, 0.2) is 0 Å². The van der Waals surface area contributed by atoms with Crippen molar-refractivity contribution in [2.24, 2.45) is 14.1 Å². The van der Waals surface area contributed by atoms with Crippen molar-refractivity contribution in [2.45, 2.75) is 5.92 Å². The maximum atomic E-state index is 3.67. The third-order valence-electron chi connectivity index (χ3n) is 5.72. The van der Waals surface area contributed by atoms with Crippen molar-refractivity contribution in [3.63, 3.8) is 0 Å². The van der Waals surface area contributed by atoms with Crippen molar-refractivity contribution in [3.8, 4) is 0 Å². The number of benzene rings is 3. The first-order valence-electron chi connectivity index (χ1n) is 9.57. The Balaban J connectivity index is 1.86. The predicted octanol–water partition coefficient (Wildman–Crippen LogP) is 7.38. The van der Waals surface area contributed by atoms with Crippen molar-refractivity contribution in [1.29, 1.82) is 0 Å². The molecule has 0 aliphatic heterocycles. The largest absolute Gasteiger partial charge is 0.350 e. The van der Waals surface area contributed by atoms with Crippen LogP contribution in [0.5, 0.6) is 0 Å². The van der Waals surface area contributed by atoms with Crippen LogP contribution in [-0.2, 0) is 14.1 Å².